The summed E-state index contributed by atoms with van der Waals surface area (Å²) in [6.07, 6.45) is 3.36. The quantitative estimate of drug-likeness (QED) is 0.373. The lowest BCUT2D eigenvalue weighted by Gasteiger charge is -2.29. The molecule has 0 radical (unpaired) electrons. The van der Waals surface area contributed by atoms with Crippen LogP contribution in [0.15, 0.2) is 36.0 Å². The van der Waals surface area contributed by atoms with Gasteiger partial charge in [-0.2, -0.15) is 5.26 Å². The Morgan fingerprint density at radius 2 is 2.21 bits per heavy atom. The van der Waals surface area contributed by atoms with E-state index in [-0.39, 0.29) is 23.9 Å². The summed E-state index contributed by atoms with van der Waals surface area (Å²) in [5, 5.41) is 12.1. The Morgan fingerprint density at radius 1 is 1.42 bits per heavy atom. The summed E-state index contributed by atoms with van der Waals surface area (Å²) in [7, 11) is 0. The fraction of sp³-hybridized carbons (Fsp3) is 0.389. The molecule has 0 aromatic heterocycles. The van der Waals surface area contributed by atoms with Gasteiger partial charge < -0.3 is 15.0 Å². The van der Waals surface area contributed by atoms with Crippen LogP contribution in [0.5, 0.6) is 0 Å². The molecular formula is C18H21N3O3. The maximum atomic E-state index is 12.6. The van der Waals surface area contributed by atoms with Crippen LogP contribution < -0.4 is 10.2 Å². The molecule has 126 valence electrons. The van der Waals surface area contributed by atoms with Crippen molar-refractivity contribution >= 4 is 17.6 Å². The standard InChI is InChI=1S/C18H21N3O3/c1-2-24-17(22)9-10-20-13-15(12-19)18(23)21-11-5-7-14-6-3-4-8-16(14)21/h3-4,6,8,13,20H,2,5,7,9-11H2,1H3/b15-13-. The van der Waals surface area contributed by atoms with Crippen LogP contribution in [-0.2, 0) is 20.7 Å². The van der Waals surface area contributed by atoms with Crippen molar-refractivity contribution in [3.8, 4) is 6.07 Å². The zero-order valence-corrected chi connectivity index (χ0v) is 13.7. The van der Waals surface area contributed by atoms with Crippen molar-refractivity contribution in [2.45, 2.75) is 26.2 Å². The van der Waals surface area contributed by atoms with Crippen LogP contribution in [0.3, 0.4) is 0 Å². The molecule has 1 aromatic carbocycles. The van der Waals surface area contributed by atoms with Gasteiger partial charge in [-0.25, -0.2) is 0 Å². The van der Waals surface area contributed by atoms with Crippen molar-refractivity contribution in [2.24, 2.45) is 0 Å². The van der Waals surface area contributed by atoms with E-state index in [1.165, 1.54) is 6.20 Å². The van der Waals surface area contributed by atoms with Crippen molar-refractivity contribution in [3.63, 3.8) is 0 Å². The highest BCUT2D eigenvalue weighted by atomic mass is 16.5. The average Bonchev–Trinajstić information content (AvgIpc) is 2.61. The number of carbonyl (C=O) groups excluding carboxylic acids is 2. The molecule has 1 heterocycles. The van der Waals surface area contributed by atoms with Gasteiger partial charge in [-0.15, -0.1) is 0 Å². The Kier molecular flexibility index (Phi) is 6.38. The number of hydrogen-bond acceptors (Lipinski definition) is 5. The van der Waals surface area contributed by atoms with E-state index < -0.39 is 0 Å². The highest BCUT2D eigenvalue weighted by molar-refractivity contribution is 6.08. The minimum absolute atomic E-state index is 0.0237. The Balaban J connectivity index is 2.01. The summed E-state index contributed by atoms with van der Waals surface area (Å²) in [4.78, 5) is 25.5. The highest BCUT2D eigenvalue weighted by Crippen LogP contribution is 2.27. The monoisotopic (exact) mass is 327 g/mol. The summed E-state index contributed by atoms with van der Waals surface area (Å²) in [6, 6.07) is 9.67. The number of fused-ring (bicyclic) bond motifs is 1. The Morgan fingerprint density at radius 3 is 2.96 bits per heavy atom. The predicted molar refractivity (Wildman–Crippen MR) is 90.1 cm³/mol. The van der Waals surface area contributed by atoms with Crippen molar-refractivity contribution in [2.75, 3.05) is 24.6 Å². The largest absolute Gasteiger partial charge is 0.466 e. The van der Waals surface area contributed by atoms with Crippen molar-refractivity contribution in [1.82, 2.24) is 5.32 Å². The molecule has 6 nitrogen and oxygen atoms in total. The Bertz CT molecular complexity index is 676. The summed E-state index contributed by atoms with van der Waals surface area (Å²) in [5.74, 6) is -0.638. The second-order valence-electron chi connectivity index (χ2n) is 5.37. The number of nitriles is 1. The van der Waals surface area contributed by atoms with E-state index in [1.807, 2.05) is 30.3 Å². The predicted octanol–water partition coefficient (Wildman–Crippen LogP) is 1.92. The van der Waals surface area contributed by atoms with Crippen LogP contribution in [0.1, 0.15) is 25.3 Å². The van der Waals surface area contributed by atoms with Crippen LogP contribution in [0, 0.1) is 11.3 Å². The van der Waals surface area contributed by atoms with Crippen LogP contribution in [0.4, 0.5) is 5.69 Å². The topological polar surface area (TPSA) is 82.4 Å². The molecule has 24 heavy (non-hydrogen) atoms. The van der Waals surface area contributed by atoms with Crippen LogP contribution in [-0.4, -0.2) is 31.6 Å². The van der Waals surface area contributed by atoms with Gasteiger partial charge in [0.05, 0.1) is 13.0 Å². The number of carbonyl (C=O) groups is 2. The molecule has 0 atom stereocenters. The number of benzene rings is 1. The molecule has 1 amide bonds. The molecule has 2 rings (SSSR count). The fourth-order valence-electron chi connectivity index (χ4n) is 2.61. The van der Waals surface area contributed by atoms with E-state index in [1.54, 1.807) is 11.8 Å². The number of rotatable bonds is 6. The van der Waals surface area contributed by atoms with Gasteiger partial charge >= 0.3 is 5.97 Å². The molecule has 6 heteroatoms. The molecule has 1 aliphatic rings. The minimum Gasteiger partial charge on any atom is -0.466 e. The van der Waals surface area contributed by atoms with Gasteiger partial charge in [0.2, 0.25) is 0 Å². The molecule has 1 N–H and O–H groups in total. The SMILES string of the molecule is CCOC(=O)CCN/C=C(/C#N)C(=O)N1CCCc2ccccc21. The first-order valence-electron chi connectivity index (χ1n) is 8.06. The summed E-state index contributed by atoms with van der Waals surface area (Å²) in [5.41, 5.74) is 2.00. The first-order valence-corrected chi connectivity index (χ1v) is 8.06. The zero-order chi connectivity index (χ0) is 17.4. The summed E-state index contributed by atoms with van der Waals surface area (Å²) >= 11 is 0. The lowest BCUT2D eigenvalue weighted by atomic mass is 10.0. The van der Waals surface area contributed by atoms with Crippen molar-refractivity contribution in [1.29, 1.82) is 5.26 Å². The number of anilines is 1. The maximum Gasteiger partial charge on any atom is 0.307 e. The molecule has 0 saturated heterocycles. The van der Waals surface area contributed by atoms with Crippen LogP contribution >= 0.6 is 0 Å². The van der Waals surface area contributed by atoms with Gasteiger partial charge in [-0.05, 0) is 31.4 Å². The number of ether oxygens (including phenoxy) is 1. The third-order valence-electron chi connectivity index (χ3n) is 3.73. The molecular weight excluding hydrogens is 306 g/mol. The number of amides is 1. The normalized spacial score (nSPS) is 13.7. The van der Waals surface area contributed by atoms with Gasteiger partial charge in [-0.1, -0.05) is 18.2 Å². The smallest absolute Gasteiger partial charge is 0.307 e. The van der Waals surface area contributed by atoms with Gasteiger partial charge in [0.25, 0.3) is 5.91 Å². The molecule has 1 aromatic rings. The first kappa shape index (κ1) is 17.5. The third-order valence-corrected chi connectivity index (χ3v) is 3.73. The number of hydrogen-bond donors (Lipinski definition) is 1. The number of nitrogens with one attached hydrogen (secondary N) is 1. The minimum atomic E-state index is -0.326. The van der Waals surface area contributed by atoms with E-state index in [0.717, 1.165) is 24.1 Å². The first-order chi connectivity index (χ1) is 11.7. The van der Waals surface area contributed by atoms with E-state index in [9.17, 15) is 14.9 Å². The lowest BCUT2D eigenvalue weighted by molar-refractivity contribution is -0.142. The molecule has 0 bridgehead atoms. The van der Waals surface area contributed by atoms with Gasteiger partial charge in [0, 0.05) is 25.0 Å². The Hall–Kier alpha value is -2.81. The average molecular weight is 327 g/mol. The van der Waals surface area contributed by atoms with Crippen molar-refractivity contribution in [3.05, 3.63) is 41.6 Å². The number of esters is 1. The number of para-hydroxylation sites is 1. The molecule has 1 aliphatic heterocycles. The molecule has 0 aliphatic carbocycles. The third kappa shape index (κ3) is 4.35. The van der Waals surface area contributed by atoms with Crippen molar-refractivity contribution < 1.29 is 14.3 Å². The van der Waals surface area contributed by atoms with E-state index in [4.69, 9.17) is 4.74 Å². The molecule has 0 fully saturated rings. The molecule has 0 unspecified atom stereocenters. The van der Waals surface area contributed by atoms with Crippen LogP contribution in [0.2, 0.25) is 0 Å². The van der Waals surface area contributed by atoms with Gasteiger partial charge in [0.1, 0.15) is 11.6 Å². The number of nitrogens with zero attached hydrogens (tertiary/aromatic N) is 2. The molecule has 0 spiro atoms. The number of aryl methyl sites for hydroxylation is 1. The summed E-state index contributed by atoms with van der Waals surface area (Å²) in [6.45, 7) is 2.99. The van der Waals surface area contributed by atoms with Gasteiger partial charge in [-0.3, -0.25) is 9.59 Å². The lowest BCUT2D eigenvalue weighted by Crippen LogP contribution is -2.36. The second kappa shape index (κ2) is 8.73. The Labute approximate surface area is 141 Å². The van der Waals surface area contributed by atoms with Gasteiger partial charge in [0.15, 0.2) is 0 Å². The summed E-state index contributed by atoms with van der Waals surface area (Å²) < 4.78 is 4.82. The second-order valence-corrected chi connectivity index (χ2v) is 5.37. The van der Waals surface area contributed by atoms with E-state index >= 15 is 0 Å². The maximum absolute atomic E-state index is 12.6. The zero-order valence-electron chi connectivity index (χ0n) is 13.7. The highest BCUT2D eigenvalue weighted by Gasteiger charge is 2.24. The van der Waals surface area contributed by atoms with Crippen LogP contribution in [0.25, 0.3) is 0 Å². The molecule has 0 saturated carbocycles. The van der Waals surface area contributed by atoms with E-state index in [0.29, 0.717) is 19.7 Å². The fourth-order valence-corrected chi connectivity index (χ4v) is 2.61. The van der Waals surface area contributed by atoms with E-state index in [2.05, 4.69) is 5.32 Å².